The molecule has 0 aromatic carbocycles. The molecule has 0 radical (unpaired) electrons. The molecule has 16 heavy (non-hydrogen) atoms. The Bertz CT molecular complexity index is 239. The Balaban J connectivity index is 2.21. The predicted octanol–water partition coefficient (Wildman–Crippen LogP) is 3.18. The Morgan fingerprint density at radius 2 is 1.88 bits per heavy atom. The summed E-state index contributed by atoms with van der Waals surface area (Å²) in [7, 11) is 0. The van der Waals surface area contributed by atoms with Crippen molar-refractivity contribution in [3.05, 3.63) is 11.6 Å². The van der Waals surface area contributed by atoms with Gasteiger partial charge in [0.25, 0.3) is 0 Å². The zero-order valence-corrected chi connectivity index (χ0v) is 10.8. The highest BCUT2D eigenvalue weighted by Crippen LogP contribution is 2.09. The van der Waals surface area contributed by atoms with Crippen molar-refractivity contribution in [3.8, 4) is 0 Å². The van der Waals surface area contributed by atoms with Crippen molar-refractivity contribution in [3.63, 3.8) is 0 Å². The number of hydrogen-bond acceptors (Lipinski definition) is 2. The van der Waals surface area contributed by atoms with Crippen LogP contribution in [-0.2, 0) is 4.79 Å². The maximum absolute atomic E-state index is 11.7. The number of ketones is 1. The predicted molar refractivity (Wildman–Crippen MR) is 68.6 cm³/mol. The molecule has 0 unspecified atom stereocenters. The topological polar surface area (TPSA) is 20.3 Å². The number of likely N-dealkylation sites (tertiary alicyclic amines) is 1. The molecule has 0 atom stereocenters. The lowest BCUT2D eigenvalue weighted by Crippen LogP contribution is -2.31. The van der Waals surface area contributed by atoms with E-state index in [4.69, 9.17) is 0 Å². The van der Waals surface area contributed by atoms with Crippen molar-refractivity contribution in [2.45, 2.75) is 52.4 Å². The molecule has 1 rings (SSSR count). The van der Waals surface area contributed by atoms with Gasteiger partial charge in [-0.25, -0.2) is 0 Å². The Morgan fingerprint density at radius 1 is 1.19 bits per heavy atom. The minimum Gasteiger partial charge on any atom is -0.303 e. The molecule has 1 saturated heterocycles. The van der Waals surface area contributed by atoms with Gasteiger partial charge < -0.3 is 4.90 Å². The van der Waals surface area contributed by atoms with Gasteiger partial charge in [0.2, 0.25) is 0 Å². The van der Waals surface area contributed by atoms with Crippen LogP contribution >= 0.6 is 0 Å². The number of carbonyl (C=O) groups excluding carboxylic acids is 1. The van der Waals surface area contributed by atoms with E-state index in [1.807, 2.05) is 6.08 Å². The summed E-state index contributed by atoms with van der Waals surface area (Å²) in [5, 5.41) is 0. The van der Waals surface area contributed by atoms with E-state index in [0.717, 1.165) is 19.4 Å². The summed E-state index contributed by atoms with van der Waals surface area (Å²) in [5.74, 6) is 0.302. The number of nitrogens with zero attached hydrogens (tertiary/aromatic N) is 1. The van der Waals surface area contributed by atoms with Gasteiger partial charge in [0.15, 0.2) is 5.78 Å². The highest BCUT2D eigenvalue weighted by atomic mass is 16.1. The third-order valence-corrected chi connectivity index (χ3v) is 3.17. The zero-order chi connectivity index (χ0) is 11.8. The fourth-order valence-corrected chi connectivity index (χ4v) is 2.26. The molecule has 0 saturated carbocycles. The number of piperidine rings is 1. The van der Waals surface area contributed by atoms with Crippen LogP contribution in [0.5, 0.6) is 0 Å². The summed E-state index contributed by atoms with van der Waals surface area (Å²) >= 11 is 0. The van der Waals surface area contributed by atoms with E-state index in [1.165, 1.54) is 37.9 Å². The average Bonchev–Trinajstić information content (AvgIpc) is 2.28. The quantitative estimate of drug-likeness (QED) is 0.645. The second kappa shape index (κ2) is 7.61. The molecular weight excluding hydrogens is 198 g/mol. The zero-order valence-electron chi connectivity index (χ0n) is 10.8. The second-order valence-corrected chi connectivity index (χ2v) is 4.86. The normalized spacial score (nSPS) is 18.8. The first-order chi connectivity index (χ1) is 7.72. The Morgan fingerprint density at radius 3 is 2.50 bits per heavy atom. The largest absolute Gasteiger partial charge is 0.303 e. The summed E-state index contributed by atoms with van der Waals surface area (Å²) in [5.41, 5.74) is 1.23. The molecule has 1 fully saturated rings. The molecule has 0 aromatic heterocycles. The van der Waals surface area contributed by atoms with Crippen molar-refractivity contribution in [2.24, 2.45) is 0 Å². The van der Waals surface area contributed by atoms with Gasteiger partial charge >= 0.3 is 0 Å². The van der Waals surface area contributed by atoms with Crippen LogP contribution in [0.25, 0.3) is 0 Å². The maximum atomic E-state index is 11.7. The van der Waals surface area contributed by atoms with Gasteiger partial charge in [0.05, 0.1) is 0 Å². The molecule has 92 valence electrons. The first kappa shape index (κ1) is 13.4. The molecule has 2 nitrogen and oxygen atoms in total. The summed E-state index contributed by atoms with van der Waals surface area (Å²) in [6, 6.07) is 0. The molecule has 0 aromatic rings. The van der Waals surface area contributed by atoms with Crippen LogP contribution in [0.15, 0.2) is 11.6 Å². The van der Waals surface area contributed by atoms with Gasteiger partial charge in [-0.15, -0.1) is 0 Å². The van der Waals surface area contributed by atoms with Crippen LogP contribution in [-0.4, -0.2) is 30.3 Å². The van der Waals surface area contributed by atoms with Gasteiger partial charge in [-0.3, -0.25) is 4.79 Å². The van der Waals surface area contributed by atoms with Crippen LogP contribution < -0.4 is 0 Å². The minimum absolute atomic E-state index is 0.302. The summed E-state index contributed by atoms with van der Waals surface area (Å²) in [4.78, 5) is 14.1. The van der Waals surface area contributed by atoms with E-state index >= 15 is 0 Å². The molecule has 0 aliphatic carbocycles. The fraction of sp³-hybridized carbons (Fsp3) is 0.786. The lowest BCUT2D eigenvalue weighted by atomic mass is 10.1. The van der Waals surface area contributed by atoms with Crippen molar-refractivity contribution in [2.75, 3.05) is 19.6 Å². The summed E-state index contributed by atoms with van der Waals surface area (Å²) in [6.45, 7) is 7.53. The molecule has 0 amide bonds. The summed E-state index contributed by atoms with van der Waals surface area (Å²) < 4.78 is 0. The molecule has 2 heteroatoms. The van der Waals surface area contributed by atoms with Gasteiger partial charge in [0.1, 0.15) is 0 Å². The SMILES string of the molecule is CCC/C(C)=C/C(=O)CCN1CCCCC1. The standard InChI is InChI=1S/C14H25NO/c1-3-7-13(2)12-14(16)8-11-15-9-5-4-6-10-15/h12H,3-11H2,1-2H3/b13-12+. The van der Waals surface area contributed by atoms with Crippen molar-refractivity contribution in [1.82, 2.24) is 4.90 Å². The van der Waals surface area contributed by atoms with Gasteiger partial charge in [-0.05, 0) is 45.4 Å². The van der Waals surface area contributed by atoms with E-state index in [2.05, 4.69) is 18.7 Å². The van der Waals surface area contributed by atoms with Crippen molar-refractivity contribution in [1.29, 1.82) is 0 Å². The lowest BCUT2D eigenvalue weighted by molar-refractivity contribution is -0.115. The van der Waals surface area contributed by atoms with Gasteiger partial charge in [-0.1, -0.05) is 25.3 Å². The highest BCUT2D eigenvalue weighted by molar-refractivity contribution is 5.90. The Kier molecular flexibility index (Phi) is 6.39. The van der Waals surface area contributed by atoms with E-state index in [9.17, 15) is 4.79 Å². The number of carbonyl (C=O) groups is 1. The fourth-order valence-electron chi connectivity index (χ4n) is 2.26. The second-order valence-electron chi connectivity index (χ2n) is 4.86. The molecule has 1 heterocycles. The van der Waals surface area contributed by atoms with E-state index < -0.39 is 0 Å². The summed E-state index contributed by atoms with van der Waals surface area (Å²) in [6.07, 6.45) is 8.68. The van der Waals surface area contributed by atoms with Crippen molar-refractivity contribution < 1.29 is 4.79 Å². The van der Waals surface area contributed by atoms with Crippen LogP contribution in [0.2, 0.25) is 0 Å². The van der Waals surface area contributed by atoms with E-state index in [1.54, 1.807) is 0 Å². The van der Waals surface area contributed by atoms with Gasteiger partial charge in [-0.2, -0.15) is 0 Å². The van der Waals surface area contributed by atoms with Crippen molar-refractivity contribution >= 4 is 5.78 Å². The Labute approximate surface area is 99.7 Å². The smallest absolute Gasteiger partial charge is 0.156 e. The lowest BCUT2D eigenvalue weighted by Gasteiger charge is -2.25. The van der Waals surface area contributed by atoms with E-state index in [-0.39, 0.29) is 0 Å². The minimum atomic E-state index is 0.302. The van der Waals surface area contributed by atoms with Crippen LogP contribution in [0.1, 0.15) is 52.4 Å². The highest BCUT2D eigenvalue weighted by Gasteiger charge is 2.10. The number of hydrogen-bond donors (Lipinski definition) is 0. The first-order valence-corrected chi connectivity index (χ1v) is 6.64. The molecule has 0 N–H and O–H groups in total. The third kappa shape index (κ3) is 5.45. The van der Waals surface area contributed by atoms with E-state index in [0.29, 0.717) is 12.2 Å². The van der Waals surface area contributed by atoms with Gasteiger partial charge in [0, 0.05) is 13.0 Å². The molecule has 1 aliphatic rings. The first-order valence-electron chi connectivity index (χ1n) is 6.64. The van der Waals surface area contributed by atoms with Crippen LogP contribution in [0.3, 0.4) is 0 Å². The average molecular weight is 223 g/mol. The monoisotopic (exact) mass is 223 g/mol. The maximum Gasteiger partial charge on any atom is 0.156 e. The number of allylic oxidation sites excluding steroid dienone is 2. The molecule has 1 aliphatic heterocycles. The Hall–Kier alpha value is -0.630. The third-order valence-electron chi connectivity index (χ3n) is 3.17. The van der Waals surface area contributed by atoms with Crippen LogP contribution in [0.4, 0.5) is 0 Å². The molecular formula is C14H25NO. The van der Waals surface area contributed by atoms with Crippen LogP contribution in [0, 0.1) is 0 Å². The molecule has 0 bridgehead atoms. The molecule has 0 spiro atoms. The number of rotatable bonds is 6.